The number of carbonyl (C=O) groups excluding carboxylic acids is 1. The van der Waals surface area contributed by atoms with Gasteiger partial charge in [0.1, 0.15) is 6.61 Å². The van der Waals surface area contributed by atoms with E-state index in [1.54, 1.807) is 0 Å². The molecule has 0 N–H and O–H groups in total. The van der Waals surface area contributed by atoms with E-state index in [9.17, 15) is 4.79 Å². The Kier molecular flexibility index (Phi) is 4.76. The van der Waals surface area contributed by atoms with Crippen molar-refractivity contribution in [2.24, 2.45) is 0 Å². The highest BCUT2D eigenvalue weighted by Crippen LogP contribution is 2.34. The lowest BCUT2D eigenvalue weighted by Gasteiger charge is -2.44. The maximum atomic E-state index is 12.7. The Hall–Kier alpha value is -2.59. The summed E-state index contributed by atoms with van der Waals surface area (Å²) in [6.07, 6.45) is 2.70. The molecule has 0 radical (unpaired) electrons. The van der Waals surface area contributed by atoms with Crippen LogP contribution in [0.2, 0.25) is 0 Å². The van der Waals surface area contributed by atoms with Crippen molar-refractivity contribution in [3.63, 3.8) is 0 Å². The average molecular weight is 349 g/mol. The largest absolute Gasteiger partial charge is 0.445 e. The highest BCUT2D eigenvalue weighted by atomic mass is 16.6. The van der Waals surface area contributed by atoms with Crippen LogP contribution in [0, 0.1) is 6.92 Å². The number of hydrogen-bond donors (Lipinski definition) is 0. The van der Waals surface area contributed by atoms with Crippen LogP contribution in [0.15, 0.2) is 60.7 Å². The fourth-order valence-corrected chi connectivity index (χ4v) is 3.81. The highest BCUT2D eigenvalue weighted by Gasteiger charge is 2.39. The molecular formula is C22H23NO3. The second-order valence-electron chi connectivity index (χ2n) is 6.92. The number of aryl methyl sites for hydroxylation is 1. The molecule has 1 saturated heterocycles. The first-order chi connectivity index (χ1) is 12.7. The molecular weight excluding hydrogens is 326 g/mol. The van der Waals surface area contributed by atoms with Gasteiger partial charge in [0.15, 0.2) is 0 Å². The van der Waals surface area contributed by atoms with Crippen molar-refractivity contribution in [1.82, 2.24) is 4.90 Å². The van der Waals surface area contributed by atoms with Gasteiger partial charge in [0, 0.05) is 0 Å². The van der Waals surface area contributed by atoms with Crippen molar-refractivity contribution in [3.05, 3.63) is 77.4 Å². The molecule has 0 saturated carbocycles. The molecule has 0 spiro atoms. The van der Waals surface area contributed by atoms with Gasteiger partial charge in [-0.25, -0.2) is 4.79 Å². The van der Waals surface area contributed by atoms with E-state index in [4.69, 9.17) is 9.47 Å². The van der Waals surface area contributed by atoms with Crippen LogP contribution in [0.25, 0.3) is 5.57 Å². The molecule has 2 heterocycles. The fourth-order valence-electron chi connectivity index (χ4n) is 3.81. The van der Waals surface area contributed by atoms with Crippen molar-refractivity contribution in [2.45, 2.75) is 32.0 Å². The zero-order valence-corrected chi connectivity index (χ0v) is 14.9. The van der Waals surface area contributed by atoms with Gasteiger partial charge in [0.2, 0.25) is 0 Å². The molecule has 2 bridgehead atoms. The SMILES string of the molecule is Cc1ccccc1C1=CC2COCC(C1)N2C(=O)OCc1ccccc1. The van der Waals surface area contributed by atoms with Crippen LogP contribution >= 0.6 is 0 Å². The number of hydrogen-bond acceptors (Lipinski definition) is 3. The molecule has 134 valence electrons. The van der Waals surface area contributed by atoms with Gasteiger partial charge in [-0.2, -0.15) is 0 Å². The Morgan fingerprint density at radius 2 is 1.88 bits per heavy atom. The van der Waals surface area contributed by atoms with Crippen LogP contribution in [0.4, 0.5) is 4.79 Å². The smallest absolute Gasteiger partial charge is 0.411 e. The van der Waals surface area contributed by atoms with Gasteiger partial charge in [0.25, 0.3) is 0 Å². The van der Waals surface area contributed by atoms with E-state index in [2.05, 4.69) is 37.3 Å². The van der Waals surface area contributed by atoms with E-state index in [1.165, 1.54) is 16.7 Å². The van der Waals surface area contributed by atoms with Gasteiger partial charge >= 0.3 is 6.09 Å². The number of nitrogens with zero attached hydrogens (tertiary/aromatic N) is 1. The number of rotatable bonds is 3. The van der Waals surface area contributed by atoms with E-state index in [-0.39, 0.29) is 18.2 Å². The number of fused-ring (bicyclic) bond motifs is 2. The lowest BCUT2D eigenvalue weighted by molar-refractivity contribution is -0.0342. The van der Waals surface area contributed by atoms with Gasteiger partial charge < -0.3 is 9.47 Å². The Morgan fingerprint density at radius 3 is 2.65 bits per heavy atom. The van der Waals surface area contributed by atoms with E-state index in [1.807, 2.05) is 35.2 Å². The minimum atomic E-state index is -0.257. The molecule has 2 atom stereocenters. The van der Waals surface area contributed by atoms with Gasteiger partial charge in [-0.05, 0) is 35.6 Å². The molecule has 26 heavy (non-hydrogen) atoms. The van der Waals surface area contributed by atoms with E-state index in [0.717, 1.165) is 12.0 Å². The highest BCUT2D eigenvalue weighted by molar-refractivity contribution is 5.75. The third-order valence-electron chi connectivity index (χ3n) is 5.11. The summed E-state index contributed by atoms with van der Waals surface area (Å²) in [6, 6.07) is 18.1. The molecule has 2 aliphatic heterocycles. The van der Waals surface area contributed by atoms with Crippen LogP contribution < -0.4 is 0 Å². The van der Waals surface area contributed by atoms with Gasteiger partial charge in [-0.1, -0.05) is 60.7 Å². The summed E-state index contributed by atoms with van der Waals surface area (Å²) in [5.74, 6) is 0. The molecule has 0 aliphatic carbocycles. The maximum absolute atomic E-state index is 12.7. The summed E-state index contributed by atoms with van der Waals surface area (Å²) in [6.45, 7) is 3.50. The summed E-state index contributed by atoms with van der Waals surface area (Å²) in [5, 5.41) is 0. The standard InChI is InChI=1S/C22H23NO3/c1-16-7-5-6-10-21(16)18-11-19-14-25-15-20(12-18)23(19)22(24)26-13-17-8-3-2-4-9-17/h2-11,19-20H,12-15H2,1H3. The third-order valence-corrected chi connectivity index (χ3v) is 5.11. The Labute approximate surface area is 154 Å². The molecule has 2 aliphatic rings. The Morgan fingerprint density at radius 1 is 1.12 bits per heavy atom. The quantitative estimate of drug-likeness (QED) is 0.834. The van der Waals surface area contributed by atoms with Crippen LogP contribution in [-0.2, 0) is 16.1 Å². The Balaban J connectivity index is 1.51. The normalized spacial score (nSPS) is 21.9. The summed E-state index contributed by atoms with van der Waals surface area (Å²) in [7, 11) is 0. The minimum Gasteiger partial charge on any atom is -0.445 e. The molecule has 2 aromatic carbocycles. The van der Waals surface area contributed by atoms with Crippen molar-refractivity contribution in [2.75, 3.05) is 13.2 Å². The number of carbonyl (C=O) groups is 1. The molecule has 4 rings (SSSR count). The molecule has 4 nitrogen and oxygen atoms in total. The molecule has 1 fully saturated rings. The van der Waals surface area contributed by atoms with E-state index >= 15 is 0 Å². The monoisotopic (exact) mass is 349 g/mol. The van der Waals surface area contributed by atoms with Crippen molar-refractivity contribution < 1.29 is 14.3 Å². The van der Waals surface area contributed by atoms with Crippen LogP contribution in [0.3, 0.4) is 0 Å². The lowest BCUT2D eigenvalue weighted by atomic mass is 9.88. The summed E-state index contributed by atoms with van der Waals surface area (Å²) in [5.41, 5.74) is 4.82. The number of ether oxygens (including phenoxy) is 2. The third kappa shape index (κ3) is 3.37. The number of amides is 1. The van der Waals surface area contributed by atoms with Crippen molar-refractivity contribution in [3.8, 4) is 0 Å². The van der Waals surface area contributed by atoms with Gasteiger partial charge in [0.05, 0.1) is 25.3 Å². The first-order valence-electron chi connectivity index (χ1n) is 9.06. The van der Waals surface area contributed by atoms with Gasteiger partial charge in [-0.15, -0.1) is 0 Å². The molecule has 0 aromatic heterocycles. The fraction of sp³-hybridized carbons (Fsp3) is 0.318. The average Bonchev–Trinajstić information content (AvgIpc) is 2.66. The summed E-state index contributed by atoms with van der Waals surface area (Å²) < 4.78 is 11.3. The number of morpholine rings is 1. The van der Waals surface area contributed by atoms with Crippen LogP contribution in [-0.4, -0.2) is 36.3 Å². The molecule has 4 heteroatoms. The predicted octanol–water partition coefficient (Wildman–Crippen LogP) is 4.19. The Bertz CT molecular complexity index is 815. The molecule has 1 amide bonds. The van der Waals surface area contributed by atoms with E-state index < -0.39 is 0 Å². The molecule has 2 unspecified atom stereocenters. The maximum Gasteiger partial charge on any atom is 0.411 e. The zero-order chi connectivity index (χ0) is 17.9. The first-order valence-corrected chi connectivity index (χ1v) is 9.06. The van der Waals surface area contributed by atoms with Gasteiger partial charge in [-0.3, -0.25) is 4.90 Å². The first kappa shape index (κ1) is 16.9. The lowest BCUT2D eigenvalue weighted by Crippen LogP contribution is -2.56. The predicted molar refractivity (Wildman–Crippen MR) is 101 cm³/mol. The van der Waals surface area contributed by atoms with Crippen molar-refractivity contribution >= 4 is 11.7 Å². The van der Waals surface area contributed by atoms with Crippen LogP contribution in [0.5, 0.6) is 0 Å². The second-order valence-corrected chi connectivity index (χ2v) is 6.92. The zero-order valence-electron chi connectivity index (χ0n) is 14.9. The van der Waals surface area contributed by atoms with Crippen LogP contribution in [0.1, 0.15) is 23.1 Å². The topological polar surface area (TPSA) is 38.8 Å². The van der Waals surface area contributed by atoms with Crippen molar-refractivity contribution in [1.29, 1.82) is 0 Å². The summed E-state index contributed by atoms with van der Waals surface area (Å²) >= 11 is 0. The molecule has 2 aromatic rings. The summed E-state index contributed by atoms with van der Waals surface area (Å²) in [4.78, 5) is 14.6. The number of benzene rings is 2. The minimum absolute atomic E-state index is 0.0247. The second kappa shape index (κ2) is 7.34. The van der Waals surface area contributed by atoms with E-state index in [0.29, 0.717) is 19.8 Å².